The summed E-state index contributed by atoms with van der Waals surface area (Å²) in [5.41, 5.74) is -0.562. The minimum atomic E-state index is -0.551. The van der Waals surface area contributed by atoms with Crippen molar-refractivity contribution in [1.29, 1.82) is 0 Å². The van der Waals surface area contributed by atoms with Gasteiger partial charge in [0.05, 0.1) is 29.5 Å². The maximum absolute atomic E-state index is 6.49. The van der Waals surface area contributed by atoms with E-state index in [-0.39, 0.29) is 0 Å². The molecule has 0 saturated carbocycles. The molecule has 2 aliphatic rings. The van der Waals surface area contributed by atoms with Crippen molar-refractivity contribution < 1.29 is 23.4 Å². The quantitative estimate of drug-likeness (QED) is 0.667. The summed E-state index contributed by atoms with van der Waals surface area (Å²) in [7, 11) is 0.738. The van der Waals surface area contributed by atoms with Crippen molar-refractivity contribution >= 4 is 14.2 Å². The highest BCUT2D eigenvalue weighted by molar-refractivity contribution is 6.71. The van der Waals surface area contributed by atoms with Crippen LogP contribution in [0.2, 0.25) is 5.21 Å². The standard InChI is InChI=1S/C22H36B2O5/c1-18(2)19(3,4)27-23(26-18)22(9,15-16-11-13-17(25-10)14-12-16)24-28-20(5,6)21(7,8)29-24/h11-14H,15H2,1-10H3. The number of hydrogen-bond donors (Lipinski definition) is 0. The summed E-state index contributed by atoms with van der Waals surface area (Å²) < 4.78 is 31.3. The summed E-state index contributed by atoms with van der Waals surface area (Å²) >= 11 is 0. The van der Waals surface area contributed by atoms with Crippen LogP contribution >= 0.6 is 0 Å². The second-order valence-electron chi connectivity index (χ2n) is 10.7. The Morgan fingerprint density at radius 2 is 1.07 bits per heavy atom. The molecule has 2 aliphatic heterocycles. The zero-order valence-corrected chi connectivity index (χ0v) is 19.7. The number of methoxy groups -OCH3 is 1. The van der Waals surface area contributed by atoms with E-state index >= 15 is 0 Å². The van der Waals surface area contributed by atoms with E-state index in [4.69, 9.17) is 23.4 Å². The van der Waals surface area contributed by atoms with E-state index in [0.29, 0.717) is 6.42 Å². The van der Waals surface area contributed by atoms with Gasteiger partial charge in [0.2, 0.25) is 0 Å². The number of ether oxygens (including phenoxy) is 1. The predicted molar refractivity (Wildman–Crippen MR) is 117 cm³/mol. The Morgan fingerprint density at radius 1 is 0.724 bits per heavy atom. The first-order valence-corrected chi connectivity index (χ1v) is 10.5. The molecule has 2 saturated heterocycles. The molecule has 2 fully saturated rings. The second-order valence-corrected chi connectivity index (χ2v) is 10.7. The molecule has 3 rings (SSSR count). The molecule has 0 unspecified atom stereocenters. The topological polar surface area (TPSA) is 46.2 Å². The Bertz CT molecular complexity index is 674. The van der Waals surface area contributed by atoms with Crippen LogP contribution in [0.3, 0.4) is 0 Å². The van der Waals surface area contributed by atoms with Crippen LogP contribution in [0.25, 0.3) is 0 Å². The summed E-state index contributed by atoms with van der Waals surface area (Å²) in [6.07, 6.45) is 0.685. The monoisotopic (exact) mass is 402 g/mol. The Balaban J connectivity index is 1.97. The molecular formula is C22H36B2O5. The predicted octanol–water partition coefficient (Wildman–Crippen LogP) is 4.72. The van der Waals surface area contributed by atoms with E-state index in [9.17, 15) is 0 Å². The molecule has 0 spiro atoms. The van der Waals surface area contributed by atoms with Crippen molar-refractivity contribution in [3.63, 3.8) is 0 Å². The average molecular weight is 402 g/mol. The van der Waals surface area contributed by atoms with Crippen LogP contribution in [-0.2, 0) is 25.0 Å². The van der Waals surface area contributed by atoms with Gasteiger partial charge in [-0.15, -0.1) is 0 Å². The molecule has 1 aromatic carbocycles. The lowest BCUT2D eigenvalue weighted by Gasteiger charge is -2.33. The molecule has 0 amide bonds. The minimum absolute atomic E-state index is 0.428. The minimum Gasteiger partial charge on any atom is -0.497 e. The van der Waals surface area contributed by atoms with Gasteiger partial charge in [-0.2, -0.15) is 0 Å². The van der Waals surface area contributed by atoms with E-state index in [1.807, 2.05) is 12.1 Å². The van der Waals surface area contributed by atoms with Gasteiger partial charge >= 0.3 is 14.2 Å². The second kappa shape index (κ2) is 7.01. The van der Waals surface area contributed by atoms with Crippen LogP contribution in [-0.4, -0.2) is 43.8 Å². The SMILES string of the molecule is COc1ccc(CC(C)(B2OC(C)(C)C(C)(C)O2)B2OC(C)(C)C(C)(C)O2)cc1. The van der Waals surface area contributed by atoms with Crippen LogP contribution in [0.4, 0.5) is 0 Å². The van der Waals surface area contributed by atoms with Crippen molar-refractivity contribution in [1.82, 2.24) is 0 Å². The normalized spacial score (nSPS) is 24.8. The average Bonchev–Trinajstić information content (AvgIpc) is 2.96. The van der Waals surface area contributed by atoms with Crippen LogP contribution in [0, 0.1) is 0 Å². The molecule has 5 nitrogen and oxygen atoms in total. The van der Waals surface area contributed by atoms with E-state index in [0.717, 1.165) is 11.3 Å². The Labute approximate surface area is 177 Å². The van der Waals surface area contributed by atoms with E-state index in [2.05, 4.69) is 74.4 Å². The number of rotatable bonds is 5. The van der Waals surface area contributed by atoms with Gasteiger partial charge in [0, 0.05) is 5.21 Å². The van der Waals surface area contributed by atoms with Crippen molar-refractivity contribution in [3.8, 4) is 5.75 Å². The first-order chi connectivity index (χ1) is 13.1. The largest absolute Gasteiger partial charge is 0.497 e. The van der Waals surface area contributed by atoms with Crippen LogP contribution < -0.4 is 4.74 Å². The number of hydrogen-bond acceptors (Lipinski definition) is 5. The van der Waals surface area contributed by atoms with Gasteiger partial charge in [0.25, 0.3) is 0 Å². The summed E-state index contributed by atoms with van der Waals surface area (Å²) in [6, 6.07) is 8.11. The Hall–Kier alpha value is -1.01. The van der Waals surface area contributed by atoms with Gasteiger partial charge in [-0.05, 0) is 79.5 Å². The Kier molecular flexibility index (Phi) is 5.48. The fourth-order valence-corrected chi connectivity index (χ4v) is 3.69. The zero-order chi connectivity index (χ0) is 21.9. The molecular weight excluding hydrogens is 366 g/mol. The van der Waals surface area contributed by atoms with Crippen LogP contribution in [0.1, 0.15) is 67.9 Å². The lowest BCUT2D eigenvalue weighted by Crippen LogP contribution is -2.48. The molecule has 0 aromatic heterocycles. The zero-order valence-electron chi connectivity index (χ0n) is 19.7. The van der Waals surface area contributed by atoms with Gasteiger partial charge in [-0.1, -0.05) is 19.1 Å². The van der Waals surface area contributed by atoms with Crippen LogP contribution in [0.5, 0.6) is 5.75 Å². The lowest BCUT2D eigenvalue weighted by molar-refractivity contribution is 0.00578. The molecule has 29 heavy (non-hydrogen) atoms. The van der Waals surface area contributed by atoms with Crippen LogP contribution in [0.15, 0.2) is 24.3 Å². The molecule has 1 aromatic rings. The molecule has 0 N–H and O–H groups in total. The van der Waals surface area contributed by atoms with E-state index in [1.165, 1.54) is 0 Å². The summed E-state index contributed by atoms with van der Waals surface area (Å²) in [4.78, 5) is 0. The maximum atomic E-state index is 6.49. The molecule has 0 atom stereocenters. The van der Waals surface area contributed by atoms with Gasteiger partial charge in [-0.25, -0.2) is 0 Å². The number of benzene rings is 1. The van der Waals surface area contributed by atoms with Crippen molar-refractivity contribution in [2.75, 3.05) is 7.11 Å². The van der Waals surface area contributed by atoms with Crippen molar-refractivity contribution in [2.24, 2.45) is 0 Å². The highest BCUT2D eigenvalue weighted by Crippen LogP contribution is 2.52. The molecule has 160 valence electrons. The molecule has 0 radical (unpaired) electrons. The van der Waals surface area contributed by atoms with Gasteiger partial charge in [0.15, 0.2) is 0 Å². The van der Waals surface area contributed by atoms with E-state index < -0.39 is 41.9 Å². The fourth-order valence-electron chi connectivity index (χ4n) is 3.69. The highest BCUT2D eigenvalue weighted by atomic mass is 16.7. The van der Waals surface area contributed by atoms with E-state index in [1.54, 1.807) is 7.11 Å². The first-order valence-electron chi connectivity index (χ1n) is 10.5. The van der Waals surface area contributed by atoms with Gasteiger partial charge in [0.1, 0.15) is 5.75 Å². The molecule has 0 aliphatic carbocycles. The third-order valence-electron chi connectivity index (χ3n) is 7.33. The smallest absolute Gasteiger partial charge is 0.462 e. The molecule has 2 heterocycles. The summed E-state index contributed by atoms with van der Waals surface area (Å²) in [5, 5.41) is -0.551. The van der Waals surface area contributed by atoms with Gasteiger partial charge in [-0.3, -0.25) is 0 Å². The van der Waals surface area contributed by atoms with Crippen molar-refractivity contribution in [3.05, 3.63) is 29.8 Å². The third-order valence-corrected chi connectivity index (χ3v) is 7.33. The van der Waals surface area contributed by atoms with Gasteiger partial charge < -0.3 is 23.4 Å². The lowest BCUT2D eigenvalue weighted by atomic mass is 9.38. The Morgan fingerprint density at radius 3 is 1.38 bits per heavy atom. The third kappa shape index (κ3) is 3.87. The fraction of sp³-hybridized carbons (Fsp3) is 0.727. The molecule has 0 bridgehead atoms. The van der Waals surface area contributed by atoms with Crippen molar-refractivity contribution in [2.45, 2.75) is 96.4 Å². The first kappa shape index (κ1) is 22.7. The highest BCUT2D eigenvalue weighted by Gasteiger charge is 2.67. The summed E-state index contributed by atoms with van der Waals surface area (Å²) in [6.45, 7) is 18.7. The maximum Gasteiger partial charge on any atom is 0.462 e. The summed E-state index contributed by atoms with van der Waals surface area (Å²) in [5.74, 6) is 0.835. The molecule has 7 heteroatoms.